The number of guanidine groups is 1. The van der Waals surface area contributed by atoms with Gasteiger partial charge in [-0.05, 0) is 31.4 Å². The summed E-state index contributed by atoms with van der Waals surface area (Å²) < 4.78 is 23.5. The van der Waals surface area contributed by atoms with Crippen molar-refractivity contribution in [3.05, 3.63) is 35.4 Å². The molecule has 0 bridgehead atoms. The van der Waals surface area contributed by atoms with Gasteiger partial charge in [-0.25, -0.2) is 8.42 Å². The molecule has 1 aromatic rings. The van der Waals surface area contributed by atoms with Crippen molar-refractivity contribution < 1.29 is 8.42 Å². The molecular formula is C17H26IN3O2S. The van der Waals surface area contributed by atoms with Crippen LogP contribution in [0.5, 0.6) is 0 Å². The van der Waals surface area contributed by atoms with Crippen LogP contribution >= 0.6 is 24.0 Å². The normalized spacial score (nSPS) is 24.4. The molecule has 3 rings (SSSR count). The van der Waals surface area contributed by atoms with Gasteiger partial charge in [0, 0.05) is 32.6 Å². The number of hydrogen-bond acceptors (Lipinski definition) is 3. The Kier molecular flexibility index (Phi) is 5.84. The second kappa shape index (κ2) is 7.19. The van der Waals surface area contributed by atoms with E-state index in [1.54, 1.807) is 20.9 Å². The molecule has 0 amide bonds. The first-order valence-corrected chi connectivity index (χ1v) is 9.75. The van der Waals surface area contributed by atoms with E-state index in [2.05, 4.69) is 39.5 Å². The number of halogens is 1. The standard InChI is InChI=1S/C17H25N3O2S.HI/c1-17(2)12-20(8-9-23(17,21)22)16(18-3)19-11-14-10-13-6-4-5-7-15(13)14;/h4-7,14H,8-12H2,1-3H3,(H,18,19);1H. The largest absolute Gasteiger partial charge is 0.356 e. The minimum Gasteiger partial charge on any atom is -0.356 e. The van der Waals surface area contributed by atoms with Crippen LogP contribution < -0.4 is 5.32 Å². The third-order valence-corrected chi connectivity index (χ3v) is 7.56. The van der Waals surface area contributed by atoms with Crippen molar-refractivity contribution in [2.45, 2.75) is 30.9 Å². The Bertz CT molecular complexity index is 731. The van der Waals surface area contributed by atoms with Gasteiger partial charge in [0.15, 0.2) is 15.8 Å². The Hall–Kier alpha value is -0.830. The summed E-state index contributed by atoms with van der Waals surface area (Å²) in [5, 5.41) is 3.43. The molecule has 2 aliphatic rings. The zero-order valence-corrected chi connectivity index (χ0v) is 17.6. The van der Waals surface area contributed by atoms with Crippen LogP contribution in [0.25, 0.3) is 0 Å². The van der Waals surface area contributed by atoms with Gasteiger partial charge >= 0.3 is 0 Å². The highest BCUT2D eigenvalue weighted by Crippen LogP contribution is 2.34. The Morgan fingerprint density at radius 2 is 2.08 bits per heavy atom. The van der Waals surface area contributed by atoms with Gasteiger partial charge in [-0.3, -0.25) is 4.99 Å². The third kappa shape index (κ3) is 3.56. The van der Waals surface area contributed by atoms with Crippen molar-refractivity contribution in [2.24, 2.45) is 4.99 Å². The molecule has 1 aliphatic heterocycles. The number of fused-ring (bicyclic) bond motifs is 1. The smallest absolute Gasteiger partial charge is 0.193 e. The van der Waals surface area contributed by atoms with Crippen LogP contribution in [-0.4, -0.2) is 56.5 Å². The average Bonchev–Trinajstić information content (AvgIpc) is 2.47. The highest BCUT2D eigenvalue weighted by Gasteiger charge is 2.41. The minimum absolute atomic E-state index is 0. The third-order valence-electron chi connectivity index (χ3n) is 5.02. The Morgan fingerprint density at radius 1 is 1.38 bits per heavy atom. The average molecular weight is 463 g/mol. The summed E-state index contributed by atoms with van der Waals surface area (Å²) in [5.41, 5.74) is 2.84. The van der Waals surface area contributed by atoms with Crippen LogP contribution in [0.3, 0.4) is 0 Å². The van der Waals surface area contributed by atoms with E-state index < -0.39 is 14.6 Å². The quantitative estimate of drug-likeness (QED) is 0.414. The lowest BCUT2D eigenvalue weighted by atomic mass is 9.78. The summed E-state index contributed by atoms with van der Waals surface area (Å²) in [5.74, 6) is 1.51. The van der Waals surface area contributed by atoms with Crippen LogP contribution in [0.2, 0.25) is 0 Å². The molecule has 1 fully saturated rings. The van der Waals surface area contributed by atoms with Gasteiger partial charge in [0.2, 0.25) is 0 Å². The summed E-state index contributed by atoms with van der Waals surface area (Å²) in [6, 6.07) is 8.53. The molecule has 5 nitrogen and oxygen atoms in total. The summed E-state index contributed by atoms with van der Waals surface area (Å²) in [4.78, 5) is 6.41. The van der Waals surface area contributed by atoms with Crippen LogP contribution in [0.1, 0.15) is 30.9 Å². The van der Waals surface area contributed by atoms with Crippen molar-refractivity contribution in [1.82, 2.24) is 10.2 Å². The molecule has 0 radical (unpaired) electrons. The van der Waals surface area contributed by atoms with Gasteiger partial charge in [0.05, 0.1) is 10.5 Å². The predicted octanol–water partition coefficient (Wildman–Crippen LogP) is 2.03. The SMILES string of the molecule is CN=C(NCC1Cc2ccccc21)N1CCS(=O)(=O)C(C)(C)C1.I. The van der Waals surface area contributed by atoms with Gasteiger partial charge < -0.3 is 10.2 Å². The fourth-order valence-corrected chi connectivity index (χ4v) is 4.78. The van der Waals surface area contributed by atoms with Crippen molar-refractivity contribution in [1.29, 1.82) is 0 Å². The predicted molar refractivity (Wildman–Crippen MR) is 109 cm³/mol. The van der Waals surface area contributed by atoms with Gasteiger partial charge in [0.1, 0.15) is 0 Å². The zero-order chi connectivity index (χ0) is 16.7. The van der Waals surface area contributed by atoms with Crippen LogP contribution in [0.4, 0.5) is 0 Å². The van der Waals surface area contributed by atoms with Crippen LogP contribution in [0, 0.1) is 0 Å². The number of nitrogens with one attached hydrogen (secondary N) is 1. The topological polar surface area (TPSA) is 61.8 Å². The van der Waals surface area contributed by atoms with Gasteiger partial charge in [-0.2, -0.15) is 0 Å². The maximum atomic E-state index is 12.1. The van der Waals surface area contributed by atoms with Gasteiger partial charge in [-0.1, -0.05) is 24.3 Å². The van der Waals surface area contributed by atoms with E-state index in [0.29, 0.717) is 19.0 Å². The molecule has 1 saturated heterocycles. The van der Waals surface area contributed by atoms with Crippen molar-refractivity contribution in [2.75, 3.05) is 32.4 Å². The molecule has 0 saturated carbocycles. The van der Waals surface area contributed by atoms with Crippen molar-refractivity contribution in [3.8, 4) is 0 Å². The monoisotopic (exact) mass is 463 g/mol. The van der Waals surface area contributed by atoms with Crippen LogP contribution in [0.15, 0.2) is 29.3 Å². The van der Waals surface area contributed by atoms with Gasteiger partial charge in [-0.15, -0.1) is 24.0 Å². The summed E-state index contributed by atoms with van der Waals surface area (Å²) >= 11 is 0. The van der Waals surface area contributed by atoms with Crippen LogP contribution in [-0.2, 0) is 16.3 Å². The molecule has 1 unspecified atom stereocenters. The number of nitrogens with zero attached hydrogens (tertiary/aromatic N) is 2. The number of sulfone groups is 1. The maximum absolute atomic E-state index is 12.1. The lowest BCUT2D eigenvalue weighted by Crippen LogP contribution is -2.57. The molecule has 0 spiro atoms. The van der Waals surface area contributed by atoms with Crippen molar-refractivity contribution >= 4 is 39.8 Å². The van der Waals surface area contributed by atoms with E-state index in [0.717, 1.165) is 18.9 Å². The van der Waals surface area contributed by atoms with Gasteiger partial charge in [0.25, 0.3) is 0 Å². The highest BCUT2D eigenvalue weighted by atomic mass is 127. The lowest BCUT2D eigenvalue weighted by Gasteiger charge is -2.40. The molecule has 0 aromatic heterocycles. The summed E-state index contributed by atoms with van der Waals surface area (Å²) in [7, 11) is -1.27. The van der Waals surface area contributed by atoms with E-state index in [1.165, 1.54) is 11.1 Å². The lowest BCUT2D eigenvalue weighted by molar-refractivity contribution is 0.351. The summed E-state index contributed by atoms with van der Waals surface area (Å²) in [6.45, 7) is 5.42. The van der Waals surface area contributed by atoms with Crippen molar-refractivity contribution in [3.63, 3.8) is 0 Å². The first-order chi connectivity index (χ1) is 10.8. The molecular weight excluding hydrogens is 437 g/mol. The molecule has 24 heavy (non-hydrogen) atoms. The Labute approximate surface area is 161 Å². The maximum Gasteiger partial charge on any atom is 0.193 e. The molecule has 1 atom stereocenters. The molecule has 1 aromatic carbocycles. The minimum atomic E-state index is -3.02. The second-order valence-electron chi connectivity index (χ2n) is 7.03. The number of aliphatic imine (C=N–C) groups is 1. The molecule has 1 N–H and O–H groups in total. The van der Waals surface area contributed by atoms with E-state index in [-0.39, 0.29) is 29.7 Å². The van der Waals surface area contributed by atoms with E-state index in [1.807, 2.05) is 0 Å². The number of rotatable bonds is 2. The van der Waals surface area contributed by atoms with E-state index >= 15 is 0 Å². The van der Waals surface area contributed by atoms with E-state index in [9.17, 15) is 8.42 Å². The first-order valence-electron chi connectivity index (χ1n) is 8.10. The highest BCUT2D eigenvalue weighted by molar-refractivity contribution is 14.0. The summed E-state index contributed by atoms with van der Waals surface area (Å²) in [6.07, 6.45) is 1.10. The Morgan fingerprint density at radius 3 is 2.71 bits per heavy atom. The first kappa shape index (κ1) is 19.5. The second-order valence-corrected chi connectivity index (χ2v) is 9.77. The number of hydrogen-bond donors (Lipinski definition) is 1. The molecule has 1 heterocycles. The molecule has 1 aliphatic carbocycles. The van der Waals surface area contributed by atoms with E-state index in [4.69, 9.17) is 0 Å². The Balaban J connectivity index is 0.00000208. The fraction of sp³-hybridized carbons (Fsp3) is 0.588. The molecule has 134 valence electrons. The number of benzene rings is 1. The zero-order valence-electron chi connectivity index (χ0n) is 14.4. The molecule has 7 heteroatoms. The fourth-order valence-electron chi connectivity index (χ4n) is 3.42.